The zero-order valence-electron chi connectivity index (χ0n) is 9.47. The van der Waals surface area contributed by atoms with Crippen LogP contribution in [0.15, 0.2) is 17.0 Å². The molecule has 0 radical (unpaired) electrons. The molecule has 5 heteroatoms. The van der Waals surface area contributed by atoms with Gasteiger partial charge in [0, 0.05) is 10.9 Å². The van der Waals surface area contributed by atoms with Crippen LogP contribution in [0.4, 0.5) is 5.95 Å². The van der Waals surface area contributed by atoms with Crippen molar-refractivity contribution in [1.82, 2.24) is 9.97 Å². The van der Waals surface area contributed by atoms with E-state index in [-0.39, 0.29) is 0 Å². The van der Waals surface area contributed by atoms with E-state index in [0.717, 1.165) is 26.9 Å². The van der Waals surface area contributed by atoms with Crippen molar-refractivity contribution < 1.29 is 0 Å². The van der Waals surface area contributed by atoms with Gasteiger partial charge in [-0.05, 0) is 32.2 Å². The van der Waals surface area contributed by atoms with E-state index in [1.54, 1.807) is 11.8 Å². The van der Waals surface area contributed by atoms with Crippen LogP contribution in [0.2, 0.25) is 5.02 Å². The highest BCUT2D eigenvalue weighted by Gasteiger charge is 2.07. The molecule has 0 bridgehead atoms. The molecule has 0 saturated carbocycles. The molecule has 1 heterocycles. The predicted molar refractivity (Wildman–Crippen MR) is 71.6 cm³/mol. The number of hydrogen-bond acceptors (Lipinski definition) is 3. The average molecular weight is 256 g/mol. The molecule has 0 amide bonds. The Morgan fingerprint density at radius 2 is 2.19 bits per heavy atom. The van der Waals surface area contributed by atoms with Gasteiger partial charge in [0.25, 0.3) is 0 Å². The second kappa shape index (κ2) is 4.55. The van der Waals surface area contributed by atoms with Gasteiger partial charge in [0.2, 0.25) is 5.95 Å². The van der Waals surface area contributed by atoms with Gasteiger partial charge in [-0.15, -0.1) is 11.8 Å². The third-order valence-corrected chi connectivity index (χ3v) is 3.38. The van der Waals surface area contributed by atoms with Gasteiger partial charge in [-0.2, -0.15) is 0 Å². The first-order chi connectivity index (χ1) is 7.60. The van der Waals surface area contributed by atoms with E-state index >= 15 is 0 Å². The quantitative estimate of drug-likeness (QED) is 0.821. The molecular weight excluding hydrogens is 242 g/mol. The third kappa shape index (κ3) is 2.28. The van der Waals surface area contributed by atoms with E-state index in [9.17, 15) is 0 Å². The van der Waals surface area contributed by atoms with Crippen molar-refractivity contribution in [2.45, 2.75) is 24.8 Å². The van der Waals surface area contributed by atoms with Crippen LogP contribution in [-0.4, -0.2) is 22.3 Å². The molecule has 3 nitrogen and oxygen atoms in total. The number of aromatic amines is 1. The Morgan fingerprint density at radius 1 is 1.44 bits per heavy atom. The van der Waals surface area contributed by atoms with E-state index in [0.29, 0.717) is 6.04 Å². The molecule has 2 rings (SSSR count). The maximum Gasteiger partial charge on any atom is 0.201 e. The standard InChI is InChI=1S/C11H14ClN3S/c1-6(2)13-11-14-8-4-7(12)10(16-3)5-9(8)15-11/h4-6H,1-3H3,(H2,13,14,15). The number of nitrogens with zero attached hydrogens (tertiary/aromatic N) is 1. The van der Waals surface area contributed by atoms with Crippen LogP contribution in [0.1, 0.15) is 13.8 Å². The summed E-state index contributed by atoms with van der Waals surface area (Å²) in [7, 11) is 0. The molecule has 0 saturated heterocycles. The molecular formula is C11H14ClN3S. The van der Waals surface area contributed by atoms with Gasteiger partial charge in [-0.1, -0.05) is 11.6 Å². The Balaban J connectivity index is 2.45. The van der Waals surface area contributed by atoms with Crippen molar-refractivity contribution in [3.63, 3.8) is 0 Å². The lowest BCUT2D eigenvalue weighted by molar-refractivity contribution is 0.883. The van der Waals surface area contributed by atoms with Gasteiger partial charge in [0.1, 0.15) is 0 Å². The number of H-pyrrole nitrogens is 1. The van der Waals surface area contributed by atoms with Crippen molar-refractivity contribution in [2.24, 2.45) is 0 Å². The molecule has 0 fully saturated rings. The second-order valence-electron chi connectivity index (χ2n) is 3.89. The Kier molecular flexibility index (Phi) is 3.30. The second-order valence-corrected chi connectivity index (χ2v) is 5.14. The molecule has 1 aromatic heterocycles. The number of nitrogens with one attached hydrogen (secondary N) is 2. The topological polar surface area (TPSA) is 40.7 Å². The SMILES string of the molecule is CSc1cc2nc(NC(C)C)[nH]c2cc1Cl. The molecule has 0 spiro atoms. The summed E-state index contributed by atoms with van der Waals surface area (Å²) in [6.45, 7) is 4.15. The number of halogens is 1. The van der Waals surface area contributed by atoms with Crippen LogP contribution in [0, 0.1) is 0 Å². The van der Waals surface area contributed by atoms with Crippen molar-refractivity contribution in [2.75, 3.05) is 11.6 Å². The molecule has 0 aliphatic carbocycles. The van der Waals surface area contributed by atoms with Gasteiger partial charge in [0.15, 0.2) is 0 Å². The first-order valence-corrected chi connectivity index (χ1v) is 6.70. The van der Waals surface area contributed by atoms with E-state index in [4.69, 9.17) is 11.6 Å². The monoisotopic (exact) mass is 255 g/mol. The first kappa shape index (κ1) is 11.6. The van der Waals surface area contributed by atoms with Gasteiger partial charge < -0.3 is 10.3 Å². The fourth-order valence-corrected chi connectivity index (χ4v) is 2.39. The molecule has 0 atom stereocenters. The Labute approximate surface area is 104 Å². The minimum Gasteiger partial charge on any atom is -0.354 e. The number of benzene rings is 1. The summed E-state index contributed by atoms with van der Waals surface area (Å²) >= 11 is 7.76. The van der Waals surface area contributed by atoms with Crippen molar-refractivity contribution >= 4 is 40.3 Å². The van der Waals surface area contributed by atoms with E-state index in [1.165, 1.54) is 0 Å². The summed E-state index contributed by atoms with van der Waals surface area (Å²) in [6.07, 6.45) is 2.01. The lowest BCUT2D eigenvalue weighted by Gasteiger charge is -2.04. The van der Waals surface area contributed by atoms with Gasteiger partial charge >= 0.3 is 0 Å². The van der Waals surface area contributed by atoms with Crippen LogP contribution in [0.25, 0.3) is 11.0 Å². The number of hydrogen-bond donors (Lipinski definition) is 2. The molecule has 0 aliphatic rings. The predicted octanol–water partition coefficient (Wildman–Crippen LogP) is 3.76. The van der Waals surface area contributed by atoms with E-state index in [1.807, 2.05) is 18.4 Å². The fraction of sp³-hybridized carbons (Fsp3) is 0.364. The minimum absolute atomic E-state index is 0.357. The van der Waals surface area contributed by atoms with Crippen molar-refractivity contribution in [3.05, 3.63) is 17.2 Å². The van der Waals surface area contributed by atoms with Gasteiger partial charge in [0.05, 0.1) is 16.1 Å². The zero-order valence-corrected chi connectivity index (χ0v) is 11.0. The Bertz CT molecular complexity index is 507. The maximum atomic E-state index is 6.13. The van der Waals surface area contributed by atoms with Gasteiger partial charge in [-0.3, -0.25) is 0 Å². The number of aromatic nitrogens is 2. The Hall–Kier alpha value is -0.870. The van der Waals surface area contributed by atoms with Crippen LogP contribution in [0.5, 0.6) is 0 Å². The summed E-state index contributed by atoms with van der Waals surface area (Å²) in [5, 5.41) is 4.00. The largest absolute Gasteiger partial charge is 0.354 e. The highest BCUT2D eigenvalue weighted by Crippen LogP contribution is 2.29. The number of anilines is 1. The van der Waals surface area contributed by atoms with Crippen LogP contribution < -0.4 is 5.32 Å². The first-order valence-electron chi connectivity index (χ1n) is 5.10. The summed E-state index contributed by atoms with van der Waals surface area (Å²) in [6, 6.07) is 4.28. The average Bonchev–Trinajstić information content (AvgIpc) is 2.56. The Morgan fingerprint density at radius 3 is 2.81 bits per heavy atom. The molecule has 0 aliphatic heterocycles. The number of rotatable bonds is 3. The highest BCUT2D eigenvalue weighted by atomic mass is 35.5. The van der Waals surface area contributed by atoms with Crippen LogP contribution in [-0.2, 0) is 0 Å². The summed E-state index contributed by atoms with van der Waals surface area (Å²) < 4.78 is 0. The van der Waals surface area contributed by atoms with Crippen molar-refractivity contribution in [3.8, 4) is 0 Å². The highest BCUT2D eigenvalue weighted by molar-refractivity contribution is 7.98. The normalized spacial score (nSPS) is 11.3. The zero-order chi connectivity index (χ0) is 11.7. The molecule has 16 heavy (non-hydrogen) atoms. The number of imidazole rings is 1. The van der Waals surface area contributed by atoms with Crippen LogP contribution >= 0.6 is 23.4 Å². The number of fused-ring (bicyclic) bond motifs is 1. The minimum atomic E-state index is 0.357. The molecule has 1 aromatic carbocycles. The lowest BCUT2D eigenvalue weighted by atomic mass is 10.3. The maximum absolute atomic E-state index is 6.13. The smallest absolute Gasteiger partial charge is 0.201 e. The summed E-state index contributed by atoms with van der Waals surface area (Å²) in [5.41, 5.74) is 1.91. The number of thioether (sulfide) groups is 1. The fourth-order valence-electron chi connectivity index (χ4n) is 1.51. The molecule has 86 valence electrons. The van der Waals surface area contributed by atoms with Crippen LogP contribution in [0.3, 0.4) is 0 Å². The molecule has 2 aromatic rings. The van der Waals surface area contributed by atoms with E-state index < -0.39 is 0 Å². The molecule has 0 unspecified atom stereocenters. The molecule has 2 N–H and O–H groups in total. The summed E-state index contributed by atoms with van der Waals surface area (Å²) in [5.74, 6) is 0.791. The van der Waals surface area contributed by atoms with E-state index in [2.05, 4.69) is 29.1 Å². The van der Waals surface area contributed by atoms with Crippen molar-refractivity contribution in [1.29, 1.82) is 0 Å². The van der Waals surface area contributed by atoms with Gasteiger partial charge in [-0.25, -0.2) is 4.98 Å². The lowest BCUT2D eigenvalue weighted by Crippen LogP contribution is -2.10. The third-order valence-electron chi connectivity index (χ3n) is 2.18. The summed E-state index contributed by atoms with van der Waals surface area (Å²) in [4.78, 5) is 8.72.